The predicted molar refractivity (Wildman–Crippen MR) is 55.2 cm³/mol. The van der Waals surface area contributed by atoms with Gasteiger partial charge in [0.2, 0.25) is 0 Å². The van der Waals surface area contributed by atoms with Crippen LogP contribution in [0.2, 0.25) is 0 Å². The quantitative estimate of drug-likeness (QED) is 0.710. The van der Waals surface area contributed by atoms with E-state index in [9.17, 15) is 4.79 Å². The summed E-state index contributed by atoms with van der Waals surface area (Å²) >= 11 is 4.74. The van der Waals surface area contributed by atoms with Crippen molar-refractivity contribution in [3.8, 4) is 10.8 Å². The van der Waals surface area contributed by atoms with E-state index in [4.69, 9.17) is 0 Å². The molecule has 1 rings (SSSR count). The molecule has 1 heterocycles. The minimum atomic E-state index is -0.203. The number of carbonyl (C=O) groups excluding carboxylic acids is 1. The predicted octanol–water partition coefficient (Wildman–Crippen LogP) is 1.35. The number of thioether (sulfide) groups is 1. The minimum Gasteiger partial charge on any atom is -0.340 e. The van der Waals surface area contributed by atoms with Crippen LogP contribution in [-0.4, -0.2) is 22.4 Å². The van der Waals surface area contributed by atoms with Gasteiger partial charge < -0.3 is 5.32 Å². The van der Waals surface area contributed by atoms with E-state index < -0.39 is 0 Å². The van der Waals surface area contributed by atoms with E-state index in [2.05, 4.69) is 45.8 Å². The highest BCUT2D eigenvalue weighted by atomic mass is 79.9. The van der Waals surface area contributed by atoms with Crippen LogP contribution in [0, 0.1) is 10.8 Å². The molecule has 0 saturated carbocycles. The van der Waals surface area contributed by atoms with Crippen LogP contribution in [0.25, 0.3) is 0 Å². The minimum absolute atomic E-state index is 0.170. The summed E-state index contributed by atoms with van der Waals surface area (Å²) in [6.45, 7) is 4.24. The van der Waals surface area contributed by atoms with Crippen LogP contribution in [0.15, 0.2) is 0 Å². The summed E-state index contributed by atoms with van der Waals surface area (Å²) in [6.07, 6.45) is 0. The smallest absolute Gasteiger partial charge is 0.297 e. The van der Waals surface area contributed by atoms with Gasteiger partial charge in [-0.15, -0.1) is 0 Å². The van der Waals surface area contributed by atoms with Crippen LogP contribution in [0.4, 0.5) is 0 Å². The molecule has 0 bridgehead atoms. The van der Waals surface area contributed by atoms with E-state index >= 15 is 0 Å². The van der Waals surface area contributed by atoms with Gasteiger partial charge in [-0.3, -0.25) is 4.79 Å². The van der Waals surface area contributed by atoms with E-state index in [1.807, 2.05) is 11.8 Å². The molecule has 0 spiro atoms. The normalized spacial score (nSPS) is 24.8. The van der Waals surface area contributed by atoms with Gasteiger partial charge in [-0.1, -0.05) is 0 Å². The largest absolute Gasteiger partial charge is 0.340 e. The fraction of sp³-hybridized carbons (Fsp3) is 0.625. The van der Waals surface area contributed by atoms with Crippen molar-refractivity contribution >= 4 is 33.6 Å². The lowest BCUT2D eigenvalue weighted by molar-refractivity contribution is -0.116. The first kappa shape index (κ1) is 9.94. The molecule has 1 unspecified atom stereocenters. The van der Waals surface area contributed by atoms with Crippen molar-refractivity contribution in [3.63, 3.8) is 0 Å². The van der Waals surface area contributed by atoms with Crippen molar-refractivity contribution in [2.24, 2.45) is 0 Å². The van der Waals surface area contributed by atoms with Crippen LogP contribution in [-0.2, 0) is 4.79 Å². The molecular weight excluding hydrogens is 238 g/mol. The molecule has 1 aliphatic rings. The maximum atomic E-state index is 11.0. The van der Waals surface area contributed by atoms with Gasteiger partial charge in [0.05, 0.1) is 6.04 Å². The number of nitrogens with one attached hydrogen (secondary N) is 1. The highest BCUT2D eigenvalue weighted by Gasteiger charge is 2.40. The fourth-order valence-electron chi connectivity index (χ4n) is 0.953. The Labute approximate surface area is 85.0 Å². The average molecular weight is 248 g/mol. The molecule has 12 heavy (non-hydrogen) atoms. The monoisotopic (exact) mass is 247 g/mol. The third-order valence-electron chi connectivity index (χ3n) is 1.93. The van der Waals surface area contributed by atoms with Crippen LogP contribution >= 0.6 is 27.7 Å². The number of amides is 1. The summed E-state index contributed by atoms with van der Waals surface area (Å²) in [5, 5.41) is 2.84. The number of carbonyl (C=O) groups is 1. The lowest BCUT2D eigenvalue weighted by Gasteiger charge is -2.43. The van der Waals surface area contributed by atoms with Crippen molar-refractivity contribution in [1.82, 2.24) is 5.32 Å². The molecule has 1 atom stereocenters. The van der Waals surface area contributed by atoms with E-state index in [1.54, 1.807) is 0 Å². The summed E-state index contributed by atoms with van der Waals surface area (Å²) in [4.78, 5) is 13.4. The maximum absolute atomic E-state index is 11.0. The van der Waals surface area contributed by atoms with Gasteiger partial charge in [-0.05, 0) is 18.7 Å². The zero-order chi connectivity index (χ0) is 9.19. The highest BCUT2D eigenvalue weighted by molar-refractivity contribution is 9.12. The van der Waals surface area contributed by atoms with Crippen LogP contribution in [0.3, 0.4) is 0 Å². The van der Waals surface area contributed by atoms with E-state index in [-0.39, 0.29) is 16.7 Å². The number of rotatable bonds is 1. The lowest BCUT2D eigenvalue weighted by Crippen LogP contribution is -2.56. The Morgan fingerprint density at radius 2 is 2.42 bits per heavy atom. The second kappa shape index (κ2) is 3.71. The summed E-state index contributed by atoms with van der Waals surface area (Å²) in [7, 11) is 0. The molecule has 1 N–H and O–H groups in total. The van der Waals surface area contributed by atoms with Crippen molar-refractivity contribution in [1.29, 1.82) is 0 Å². The molecule has 1 aliphatic heterocycles. The van der Waals surface area contributed by atoms with Gasteiger partial charge in [0.1, 0.15) is 0 Å². The molecule has 0 radical (unpaired) electrons. The summed E-state index contributed by atoms with van der Waals surface area (Å²) in [6, 6.07) is 0.267. The third kappa shape index (κ3) is 2.18. The number of halogens is 1. The molecule has 66 valence electrons. The topological polar surface area (TPSA) is 29.1 Å². The third-order valence-corrected chi connectivity index (χ3v) is 3.65. The first-order chi connectivity index (χ1) is 5.56. The number of hydrogen-bond donors (Lipinski definition) is 1. The Bertz CT molecular complexity index is 254. The molecule has 0 aromatic heterocycles. The summed E-state index contributed by atoms with van der Waals surface area (Å²) < 4.78 is 0.170. The van der Waals surface area contributed by atoms with Gasteiger partial charge in [0, 0.05) is 32.4 Å². The Kier molecular flexibility index (Phi) is 3.08. The van der Waals surface area contributed by atoms with Crippen molar-refractivity contribution in [3.05, 3.63) is 0 Å². The van der Waals surface area contributed by atoms with E-state index in [0.29, 0.717) is 0 Å². The Hall–Kier alpha value is -0.140. The van der Waals surface area contributed by atoms with E-state index in [0.717, 1.165) is 5.75 Å². The van der Waals surface area contributed by atoms with Crippen LogP contribution in [0.1, 0.15) is 13.8 Å². The standard InChI is InChI=1S/C8H10BrNOS/c1-8(2)6(5-12-8)10-7(11)3-4-9/h6H,5H2,1-2H3,(H,10,11). The SMILES string of the molecule is CC1(C)SCC1NC(=O)C#CBr. The van der Waals surface area contributed by atoms with Gasteiger partial charge in [0.25, 0.3) is 5.91 Å². The second-order valence-electron chi connectivity index (χ2n) is 3.16. The van der Waals surface area contributed by atoms with Crippen molar-refractivity contribution in [2.45, 2.75) is 24.6 Å². The molecule has 1 fully saturated rings. The fourth-order valence-corrected chi connectivity index (χ4v) is 2.28. The molecular formula is C8H10BrNOS. The molecule has 4 heteroatoms. The second-order valence-corrected chi connectivity index (χ2v) is 5.23. The molecule has 0 aromatic rings. The molecule has 1 amide bonds. The van der Waals surface area contributed by atoms with Crippen LogP contribution in [0.5, 0.6) is 0 Å². The summed E-state index contributed by atoms with van der Waals surface area (Å²) in [5.41, 5.74) is 0. The molecule has 2 nitrogen and oxygen atoms in total. The summed E-state index contributed by atoms with van der Waals surface area (Å²) in [5.74, 6) is 3.18. The first-order valence-electron chi connectivity index (χ1n) is 3.62. The Balaban J connectivity index is 2.41. The van der Waals surface area contributed by atoms with Gasteiger partial charge in [-0.25, -0.2) is 0 Å². The zero-order valence-electron chi connectivity index (χ0n) is 6.98. The Morgan fingerprint density at radius 1 is 1.75 bits per heavy atom. The lowest BCUT2D eigenvalue weighted by atomic mass is 10.0. The maximum Gasteiger partial charge on any atom is 0.297 e. The molecule has 0 aliphatic carbocycles. The molecule has 1 saturated heterocycles. The number of hydrogen-bond acceptors (Lipinski definition) is 2. The average Bonchev–Trinajstić information content (AvgIpc) is 1.99. The van der Waals surface area contributed by atoms with Gasteiger partial charge >= 0.3 is 0 Å². The highest BCUT2D eigenvalue weighted by Crippen LogP contribution is 2.39. The Morgan fingerprint density at radius 3 is 2.75 bits per heavy atom. The van der Waals surface area contributed by atoms with Crippen LogP contribution < -0.4 is 5.32 Å². The van der Waals surface area contributed by atoms with E-state index in [1.165, 1.54) is 0 Å². The first-order valence-corrected chi connectivity index (χ1v) is 5.40. The van der Waals surface area contributed by atoms with Gasteiger partial charge in [-0.2, -0.15) is 11.8 Å². The molecule has 0 aromatic carbocycles. The van der Waals surface area contributed by atoms with Crippen molar-refractivity contribution in [2.75, 3.05) is 5.75 Å². The van der Waals surface area contributed by atoms with Crippen molar-refractivity contribution < 1.29 is 4.79 Å². The zero-order valence-corrected chi connectivity index (χ0v) is 9.38. The van der Waals surface area contributed by atoms with Gasteiger partial charge in [0.15, 0.2) is 0 Å².